The third-order valence-electron chi connectivity index (χ3n) is 6.38. The maximum absolute atomic E-state index is 13.3. The van der Waals surface area contributed by atoms with E-state index in [1.165, 1.54) is 0 Å². The van der Waals surface area contributed by atoms with Crippen LogP contribution < -0.4 is 16.0 Å². The fourth-order valence-corrected chi connectivity index (χ4v) is 4.40. The molecule has 2 aromatic heterocycles. The van der Waals surface area contributed by atoms with Gasteiger partial charge in [0.25, 0.3) is 5.91 Å². The molecule has 0 atom stereocenters. The molecule has 1 fully saturated rings. The number of Topliss-reactive ketones (excluding diaryl/α,β-unsaturated/α-hetero) is 1. The molecule has 2 aliphatic rings. The molecule has 1 aliphatic carbocycles. The zero-order valence-corrected chi connectivity index (χ0v) is 19.7. The third kappa shape index (κ3) is 4.73. The molecule has 1 saturated heterocycles. The summed E-state index contributed by atoms with van der Waals surface area (Å²) in [5.74, 6) is 0.234. The van der Waals surface area contributed by atoms with Crippen LogP contribution in [-0.2, 0) is 11.8 Å². The molecule has 0 radical (unpaired) electrons. The first-order valence-electron chi connectivity index (χ1n) is 11.3. The van der Waals surface area contributed by atoms with Gasteiger partial charge in [0, 0.05) is 56.5 Å². The number of amides is 1. The van der Waals surface area contributed by atoms with Crippen molar-refractivity contribution in [2.75, 3.05) is 24.5 Å². The molecule has 0 spiro atoms. The largest absolute Gasteiger partial charge is 0.346 e. The number of ketones is 1. The van der Waals surface area contributed by atoms with Gasteiger partial charge >= 0.3 is 0 Å². The first kappa shape index (κ1) is 22.8. The molecule has 1 amide bonds. The maximum Gasteiger partial charge on any atom is 0.270 e. The van der Waals surface area contributed by atoms with Crippen LogP contribution in [0.5, 0.6) is 0 Å². The fraction of sp³-hybridized carbons (Fsp3) is 0.458. The van der Waals surface area contributed by atoms with Gasteiger partial charge in [0.05, 0.1) is 11.4 Å². The van der Waals surface area contributed by atoms with Gasteiger partial charge in [0.1, 0.15) is 5.69 Å². The number of hydrogen-bond donors (Lipinski definition) is 2. The molecular formula is C24H31N7O2. The van der Waals surface area contributed by atoms with Crippen LogP contribution in [0.1, 0.15) is 49.2 Å². The Kier molecular flexibility index (Phi) is 6.42. The smallest absolute Gasteiger partial charge is 0.270 e. The van der Waals surface area contributed by atoms with E-state index in [0.717, 1.165) is 42.8 Å². The van der Waals surface area contributed by atoms with Crippen molar-refractivity contribution in [2.24, 2.45) is 12.8 Å². The van der Waals surface area contributed by atoms with E-state index in [1.54, 1.807) is 10.9 Å². The Morgan fingerprint density at radius 2 is 1.94 bits per heavy atom. The van der Waals surface area contributed by atoms with Gasteiger partial charge in [-0.15, -0.1) is 0 Å². The Bertz CT molecular complexity index is 1150. The van der Waals surface area contributed by atoms with Gasteiger partial charge < -0.3 is 16.0 Å². The molecule has 3 N–H and O–H groups in total. The molecule has 0 unspecified atom stereocenters. The lowest BCUT2D eigenvalue weighted by Gasteiger charge is -2.30. The predicted octanol–water partition coefficient (Wildman–Crippen LogP) is 2.08. The Morgan fingerprint density at radius 3 is 2.58 bits per heavy atom. The number of aryl methyl sites for hydroxylation is 1. The molecule has 2 aromatic rings. The van der Waals surface area contributed by atoms with Crippen LogP contribution in [0.3, 0.4) is 0 Å². The average Bonchev–Trinajstić information content (AvgIpc) is 3.19. The van der Waals surface area contributed by atoms with Crippen molar-refractivity contribution in [3.8, 4) is 11.4 Å². The van der Waals surface area contributed by atoms with Crippen molar-refractivity contribution >= 4 is 17.6 Å². The van der Waals surface area contributed by atoms with Gasteiger partial charge in [-0.2, -0.15) is 5.10 Å². The summed E-state index contributed by atoms with van der Waals surface area (Å²) < 4.78 is 1.73. The highest BCUT2D eigenvalue weighted by molar-refractivity contribution is 6.01. The van der Waals surface area contributed by atoms with Gasteiger partial charge in [0.15, 0.2) is 5.78 Å². The van der Waals surface area contributed by atoms with Crippen LogP contribution in [0.4, 0.5) is 5.95 Å². The number of nitrogens with one attached hydrogen (secondary N) is 1. The van der Waals surface area contributed by atoms with Crippen molar-refractivity contribution in [2.45, 2.75) is 46.1 Å². The highest BCUT2D eigenvalue weighted by Gasteiger charge is 2.25. The van der Waals surface area contributed by atoms with Crippen LogP contribution in [0.25, 0.3) is 11.4 Å². The second-order valence-corrected chi connectivity index (χ2v) is 8.95. The Labute approximate surface area is 193 Å². The van der Waals surface area contributed by atoms with Crippen molar-refractivity contribution < 1.29 is 9.59 Å². The molecule has 33 heavy (non-hydrogen) atoms. The molecule has 0 saturated carbocycles. The molecule has 1 aliphatic heterocycles. The van der Waals surface area contributed by atoms with Gasteiger partial charge in [0.2, 0.25) is 5.95 Å². The highest BCUT2D eigenvalue weighted by Crippen LogP contribution is 2.27. The van der Waals surface area contributed by atoms with Gasteiger partial charge in [-0.3, -0.25) is 14.3 Å². The number of allylic oxidation sites excluding steroid dienone is 3. The number of piperidine rings is 1. The van der Waals surface area contributed by atoms with Crippen molar-refractivity contribution in [1.82, 2.24) is 25.1 Å². The van der Waals surface area contributed by atoms with Gasteiger partial charge in [-0.1, -0.05) is 11.6 Å². The quantitative estimate of drug-likeness (QED) is 0.717. The van der Waals surface area contributed by atoms with Crippen LogP contribution in [-0.4, -0.2) is 57.1 Å². The van der Waals surface area contributed by atoms with E-state index in [-0.39, 0.29) is 24.3 Å². The summed E-state index contributed by atoms with van der Waals surface area (Å²) in [4.78, 5) is 37.3. The summed E-state index contributed by atoms with van der Waals surface area (Å²) in [6.07, 6.45) is 5.79. The van der Waals surface area contributed by atoms with Crippen molar-refractivity contribution in [1.29, 1.82) is 0 Å². The van der Waals surface area contributed by atoms with E-state index in [9.17, 15) is 9.59 Å². The minimum atomic E-state index is -0.326. The molecule has 4 rings (SSSR count). The van der Waals surface area contributed by atoms with E-state index in [0.29, 0.717) is 34.9 Å². The number of carbonyl (C=O) groups is 2. The van der Waals surface area contributed by atoms with Crippen LogP contribution in [0.15, 0.2) is 35.1 Å². The molecule has 3 heterocycles. The number of anilines is 1. The fourth-order valence-electron chi connectivity index (χ4n) is 4.40. The summed E-state index contributed by atoms with van der Waals surface area (Å²) in [7, 11) is 1.84. The normalized spacial score (nSPS) is 17.4. The van der Waals surface area contributed by atoms with E-state index in [4.69, 9.17) is 10.7 Å². The van der Waals surface area contributed by atoms with E-state index in [1.807, 2.05) is 40.0 Å². The van der Waals surface area contributed by atoms with E-state index in [2.05, 4.69) is 20.3 Å². The standard InChI is InChI=1S/C24H31N7O2/c1-14-11-15(2)18(20(32)12-14)13-26-23(33)22-16(3)21(19-5-8-27-30(19)4)28-24(29-22)31-9-6-17(25)7-10-31/h5,8,11,17H,6-7,9-10,12-13,25H2,1-4H3,(H,26,33). The zero-order valence-electron chi connectivity index (χ0n) is 19.7. The molecule has 174 valence electrons. The number of hydrogen-bond acceptors (Lipinski definition) is 7. The lowest BCUT2D eigenvalue weighted by Crippen LogP contribution is -2.41. The first-order valence-corrected chi connectivity index (χ1v) is 11.3. The summed E-state index contributed by atoms with van der Waals surface area (Å²) in [6.45, 7) is 7.33. The van der Waals surface area contributed by atoms with Crippen molar-refractivity contribution in [3.05, 3.63) is 46.3 Å². The summed E-state index contributed by atoms with van der Waals surface area (Å²) in [5.41, 5.74) is 11.1. The summed E-state index contributed by atoms with van der Waals surface area (Å²) in [5, 5.41) is 7.17. The van der Waals surface area contributed by atoms with Gasteiger partial charge in [-0.05, 0) is 45.3 Å². The average molecular weight is 450 g/mol. The van der Waals surface area contributed by atoms with Gasteiger partial charge in [-0.25, -0.2) is 9.97 Å². The monoisotopic (exact) mass is 449 g/mol. The van der Waals surface area contributed by atoms with Crippen LogP contribution >= 0.6 is 0 Å². The van der Waals surface area contributed by atoms with Crippen LogP contribution in [0, 0.1) is 6.92 Å². The molecule has 9 nitrogen and oxygen atoms in total. The Hall–Kier alpha value is -3.33. The minimum absolute atomic E-state index is 0.0492. The molecule has 9 heteroatoms. The first-order chi connectivity index (χ1) is 15.7. The third-order valence-corrected chi connectivity index (χ3v) is 6.38. The lowest BCUT2D eigenvalue weighted by molar-refractivity contribution is -0.115. The SMILES string of the molecule is CC1=CC(C)=C(CNC(=O)c2nc(N3CCC(N)CC3)nc(-c3ccnn3C)c2C)C(=O)C1. The molecule has 0 bridgehead atoms. The number of aromatic nitrogens is 4. The molecule has 0 aromatic carbocycles. The minimum Gasteiger partial charge on any atom is -0.346 e. The topological polar surface area (TPSA) is 119 Å². The second kappa shape index (κ2) is 9.27. The van der Waals surface area contributed by atoms with Crippen molar-refractivity contribution in [3.63, 3.8) is 0 Å². The van der Waals surface area contributed by atoms with Crippen LogP contribution in [0.2, 0.25) is 0 Å². The maximum atomic E-state index is 13.3. The number of nitrogens with two attached hydrogens (primary N) is 1. The highest BCUT2D eigenvalue weighted by atomic mass is 16.2. The predicted molar refractivity (Wildman–Crippen MR) is 127 cm³/mol. The number of carbonyl (C=O) groups excluding carboxylic acids is 2. The number of rotatable bonds is 5. The zero-order chi connectivity index (χ0) is 23.7. The summed E-state index contributed by atoms with van der Waals surface area (Å²) >= 11 is 0. The van der Waals surface area contributed by atoms with E-state index < -0.39 is 0 Å². The summed E-state index contributed by atoms with van der Waals surface area (Å²) in [6, 6.07) is 2.05. The Balaban J connectivity index is 1.67. The number of nitrogens with zero attached hydrogens (tertiary/aromatic N) is 5. The lowest BCUT2D eigenvalue weighted by atomic mass is 9.92. The second-order valence-electron chi connectivity index (χ2n) is 8.95. The molecular weight excluding hydrogens is 418 g/mol. The van der Waals surface area contributed by atoms with E-state index >= 15 is 0 Å². The Morgan fingerprint density at radius 1 is 1.21 bits per heavy atom.